The first-order valence-corrected chi connectivity index (χ1v) is 8.85. The van der Waals surface area contributed by atoms with E-state index in [1.165, 1.54) is 11.6 Å². The molecule has 26 heavy (non-hydrogen) atoms. The first-order valence-electron chi connectivity index (χ1n) is 8.85. The Labute approximate surface area is 152 Å². The minimum atomic E-state index is -0.528. The number of halogens is 1. The fourth-order valence-corrected chi connectivity index (χ4v) is 3.68. The zero-order chi connectivity index (χ0) is 18.6. The number of aromatic nitrogens is 2. The van der Waals surface area contributed by atoms with Gasteiger partial charge in [-0.1, -0.05) is 19.9 Å². The van der Waals surface area contributed by atoms with E-state index in [9.17, 15) is 4.39 Å². The largest absolute Gasteiger partial charge is 0.437 e. The van der Waals surface area contributed by atoms with Crippen molar-refractivity contribution in [2.24, 2.45) is 7.05 Å². The van der Waals surface area contributed by atoms with E-state index >= 15 is 0 Å². The lowest BCUT2D eigenvalue weighted by Gasteiger charge is -2.10. The molecule has 4 heteroatoms. The highest BCUT2D eigenvalue weighted by Gasteiger charge is 2.23. The molecule has 132 valence electrons. The number of hydrogen-bond acceptors (Lipinski definition) is 2. The second kappa shape index (κ2) is 5.90. The first kappa shape index (κ1) is 16.7. The summed E-state index contributed by atoms with van der Waals surface area (Å²) in [4.78, 5) is 3.95. The molecule has 0 bridgehead atoms. The molecule has 0 aliphatic rings. The molecule has 1 aromatic carbocycles. The molecule has 0 saturated heterocycles. The molecule has 3 nitrogen and oxygen atoms in total. The summed E-state index contributed by atoms with van der Waals surface area (Å²) in [5.41, 5.74) is 6.74. The number of benzene rings is 1. The Balaban J connectivity index is 2.14. The van der Waals surface area contributed by atoms with Crippen LogP contribution in [0.5, 0.6) is 0 Å². The lowest BCUT2D eigenvalue weighted by atomic mass is 9.95. The molecule has 4 aromatic rings. The lowest BCUT2D eigenvalue weighted by molar-refractivity contribution is -0.660. The molecule has 0 fully saturated rings. The number of fused-ring (bicyclic) bond motifs is 3. The zero-order valence-electron chi connectivity index (χ0n) is 15.7. The van der Waals surface area contributed by atoms with Crippen molar-refractivity contribution in [1.82, 2.24) is 4.98 Å². The van der Waals surface area contributed by atoms with Gasteiger partial charge >= 0.3 is 0 Å². The van der Waals surface area contributed by atoms with E-state index in [1.807, 2.05) is 7.05 Å². The molecule has 0 aliphatic heterocycles. The molecule has 0 aliphatic carbocycles. The van der Waals surface area contributed by atoms with Gasteiger partial charge in [0.25, 0.3) is 0 Å². The van der Waals surface area contributed by atoms with E-state index in [4.69, 9.17) is 4.42 Å². The van der Waals surface area contributed by atoms with Crippen molar-refractivity contribution < 1.29 is 13.4 Å². The van der Waals surface area contributed by atoms with E-state index in [1.54, 1.807) is 6.07 Å². The third-order valence-corrected chi connectivity index (χ3v) is 5.07. The van der Waals surface area contributed by atoms with Gasteiger partial charge in [0.1, 0.15) is 7.05 Å². The number of nitrogens with zero attached hydrogens (tertiary/aromatic N) is 2. The number of pyridine rings is 2. The average Bonchev–Trinajstić information content (AvgIpc) is 2.94. The highest BCUT2D eigenvalue weighted by Crippen LogP contribution is 2.38. The van der Waals surface area contributed by atoms with Gasteiger partial charge in [-0.25, -0.2) is 4.57 Å². The number of aryl methyl sites for hydroxylation is 3. The van der Waals surface area contributed by atoms with Gasteiger partial charge in [-0.05, 0) is 48.6 Å². The van der Waals surface area contributed by atoms with E-state index in [0.29, 0.717) is 11.6 Å². The highest BCUT2D eigenvalue weighted by atomic mass is 19.1. The van der Waals surface area contributed by atoms with E-state index in [0.717, 1.165) is 38.7 Å². The molecule has 0 N–H and O–H groups in total. The molecule has 0 saturated carbocycles. The van der Waals surface area contributed by atoms with Crippen molar-refractivity contribution in [1.29, 1.82) is 0 Å². The molecule has 0 spiro atoms. The van der Waals surface area contributed by atoms with Gasteiger partial charge in [0.2, 0.25) is 17.4 Å². The van der Waals surface area contributed by atoms with Crippen LogP contribution in [0.4, 0.5) is 4.39 Å². The molecule has 0 atom stereocenters. The summed E-state index contributed by atoms with van der Waals surface area (Å²) in [6.45, 7) is 8.52. The first-order chi connectivity index (χ1) is 12.4. The molecular formula is C22H22FN2O+. The third kappa shape index (κ3) is 2.48. The van der Waals surface area contributed by atoms with Gasteiger partial charge in [0.05, 0.1) is 5.56 Å². The van der Waals surface area contributed by atoms with E-state index in [-0.39, 0.29) is 0 Å². The maximum Gasteiger partial charge on any atom is 0.229 e. The van der Waals surface area contributed by atoms with Gasteiger partial charge in [0.15, 0.2) is 11.8 Å². The fourth-order valence-electron chi connectivity index (χ4n) is 3.68. The van der Waals surface area contributed by atoms with Crippen molar-refractivity contribution in [2.75, 3.05) is 0 Å². The van der Waals surface area contributed by atoms with Crippen LogP contribution in [0.15, 0.2) is 40.9 Å². The van der Waals surface area contributed by atoms with Crippen LogP contribution in [-0.4, -0.2) is 4.98 Å². The normalized spacial score (nSPS) is 11.8. The molecule has 3 aromatic heterocycles. The summed E-state index contributed by atoms with van der Waals surface area (Å²) in [6, 6.07) is 9.65. The van der Waals surface area contributed by atoms with Crippen LogP contribution < -0.4 is 4.57 Å². The molecule has 0 radical (unpaired) electrons. The second-order valence-corrected chi connectivity index (χ2v) is 7.29. The fraction of sp³-hybridized carbons (Fsp3) is 0.273. The number of furan rings is 1. The van der Waals surface area contributed by atoms with Gasteiger partial charge in [-0.2, -0.15) is 9.37 Å². The molecule has 4 rings (SSSR count). The number of rotatable bonds is 2. The topological polar surface area (TPSA) is 29.9 Å². The zero-order valence-corrected chi connectivity index (χ0v) is 15.7. The van der Waals surface area contributed by atoms with Crippen LogP contribution >= 0.6 is 0 Å². The van der Waals surface area contributed by atoms with Crippen molar-refractivity contribution in [3.05, 3.63) is 59.2 Å². The Morgan fingerprint density at radius 2 is 1.85 bits per heavy atom. The minimum Gasteiger partial charge on any atom is -0.437 e. The number of hydrogen-bond donors (Lipinski definition) is 0. The lowest BCUT2D eigenvalue weighted by Crippen LogP contribution is -2.31. The summed E-state index contributed by atoms with van der Waals surface area (Å²) in [5, 5.41) is 1.85. The Hall–Kier alpha value is -2.75. The molecule has 3 heterocycles. The quantitative estimate of drug-likeness (QED) is 0.360. The average molecular weight is 349 g/mol. The summed E-state index contributed by atoms with van der Waals surface area (Å²) in [6.07, 6.45) is 2.08. The van der Waals surface area contributed by atoms with Crippen LogP contribution in [0, 0.1) is 19.8 Å². The summed E-state index contributed by atoms with van der Waals surface area (Å²) < 4.78 is 21.8. The van der Waals surface area contributed by atoms with Crippen LogP contribution in [-0.2, 0) is 7.05 Å². The van der Waals surface area contributed by atoms with Gasteiger partial charge in [-0.15, -0.1) is 0 Å². The Bertz CT molecular complexity index is 1160. The van der Waals surface area contributed by atoms with Gasteiger partial charge < -0.3 is 4.42 Å². The second-order valence-electron chi connectivity index (χ2n) is 7.29. The van der Waals surface area contributed by atoms with Crippen molar-refractivity contribution in [3.8, 4) is 11.3 Å². The van der Waals surface area contributed by atoms with E-state index in [2.05, 4.69) is 61.6 Å². The van der Waals surface area contributed by atoms with Crippen molar-refractivity contribution in [3.63, 3.8) is 0 Å². The monoisotopic (exact) mass is 349 g/mol. The van der Waals surface area contributed by atoms with E-state index < -0.39 is 5.95 Å². The van der Waals surface area contributed by atoms with Crippen LogP contribution in [0.2, 0.25) is 0 Å². The molecular weight excluding hydrogens is 327 g/mol. The Morgan fingerprint density at radius 3 is 2.58 bits per heavy atom. The predicted octanol–water partition coefficient (Wildman–Crippen LogP) is 5.35. The smallest absolute Gasteiger partial charge is 0.229 e. The summed E-state index contributed by atoms with van der Waals surface area (Å²) in [7, 11) is 2.03. The van der Waals surface area contributed by atoms with Gasteiger partial charge in [0, 0.05) is 22.9 Å². The van der Waals surface area contributed by atoms with Crippen molar-refractivity contribution in [2.45, 2.75) is 33.6 Å². The highest BCUT2D eigenvalue weighted by molar-refractivity contribution is 6.10. The Kier molecular flexibility index (Phi) is 3.79. The summed E-state index contributed by atoms with van der Waals surface area (Å²) in [5.74, 6) is -0.0949. The van der Waals surface area contributed by atoms with Crippen LogP contribution in [0.25, 0.3) is 33.3 Å². The SMILES string of the molecule is Cc1cc(C)c2c(oc3nc(F)ccc32)c1-c1cc(C(C)C)cc[n+]1C. The van der Waals surface area contributed by atoms with Crippen molar-refractivity contribution >= 4 is 22.1 Å². The maximum absolute atomic E-state index is 13.6. The van der Waals surface area contributed by atoms with Crippen LogP contribution in [0.3, 0.4) is 0 Å². The standard InChI is InChI=1S/C22H22FN2O/c1-12(2)15-8-9-25(5)17(11-15)20-14(4)10-13(3)19-16-6-7-18(23)24-22(16)26-21(19)20/h6-12H,1-5H3/q+1. The maximum atomic E-state index is 13.6. The summed E-state index contributed by atoms with van der Waals surface area (Å²) >= 11 is 0. The third-order valence-electron chi connectivity index (χ3n) is 5.07. The minimum absolute atomic E-state index is 0.345. The molecule has 0 amide bonds. The molecule has 0 unspecified atom stereocenters. The van der Waals surface area contributed by atoms with Gasteiger partial charge in [-0.3, -0.25) is 0 Å². The van der Waals surface area contributed by atoms with Crippen LogP contribution in [0.1, 0.15) is 36.5 Å². The Morgan fingerprint density at radius 1 is 1.08 bits per heavy atom. The predicted molar refractivity (Wildman–Crippen MR) is 102 cm³/mol.